The van der Waals surface area contributed by atoms with Crippen LogP contribution in [0, 0.1) is 17.8 Å². The molecule has 29 heavy (non-hydrogen) atoms. The summed E-state index contributed by atoms with van der Waals surface area (Å²) in [5.41, 5.74) is 0.770. The van der Waals surface area contributed by atoms with E-state index in [9.17, 15) is 9.90 Å². The van der Waals surface area contributed by atoms with Gasteiger partial charge in [-0.3, -0.25) is 0 Å². The van der Waals surface area contributed by atoms with Crippen molar-refractivity contribution >= 4 is 16.8 Å². The first-order valence-corrected chi connectivity index (χ1v) is 11.3. The molecule has 5 aliphatic rings. The highest BCUT2D eigenvalue weighted by molar-refractivity contribution is 5.83. The van der Waals surface area contributed by atoms with E-state index in [2.05, 4.69) is 59.2 Å². The van der Waals surface area contributed by atoms with E-state index in [1.807, 2.05) is 0 Å². The number of carbonyl (C=O) groups is 1. The fraction of sp³-hybridized carbons (Fsp3) is 0.560. The topological polar surface area (TPSA) is 43.8 Å². The Morgan fingerprint density at radius 3 is 2.45 bits per heavy atom. The standard InChI is InChI=1S/C25H30N2O2/c1-16(19-7-6-18-4-2-3-5-20(18)12-19)26-8-9-27(24(26)28)23-21-10-17-11-22(23)15-25(29,13-17)14-21/h2-7,12,16-17,21-23,29H,8-11,13-15H2,1H3/t16-,17?,21?,22?,23?,25?/m0/s1. The second-order valence-corrected chi connectivity index (χ2v) is 10.1. The first-order valence-electron chi connectivity index (χ1n) is 11.3. The highest BCUT2D eigenvalue weighted by Gasteiger charge is 2.57. The van der Waals surface area contributed by atoms with Crippen molar-refractivity contribution in [1.29, 1.82) is 0 Å². The second-order valence-electron chi connectivity index (χ2n) is 10.1. The second kappa shape index (κ2) is 6.21. The van der Waals surface area contributed by atoms with Crippen molar-refractivity contribution in [1.82, 2.24) is 9.80 Å². The predicted molar refractivity (Wildman–Crippen MR) is 113 cm³/mol. The zero-order valence-electron chi connectivity index (χ0n) is 17.1. The molecule has 4 nitrogen and oxygen atoms in total. The number of hydrogen-bond donors (Lipinski definition) is 1. The monoisotopic (exact) mass is 390 g/mol. The zero-order chi connectivity index (χ0) is 19.8. The molecule has 4 heteroatoms. The summed E-state index contributed by atoms with van der Waals surface area (Å²) >= 11 is 0. The van der Waals surface area contributed by atoms with Gasteiger partial charge in [0.05, 0.1) is 11.6 Å². The van der Waals surface area contributed by atoms with Crippen molar-refractivity contribution in [2.45, 2.75) is 56.7 Å². The van der Waals surface area contributed by atoms with Crippen LogP contribution in [0.5, 0.6) is 0 Å². The van der Waals surface area contributed by atoms with Gasteiger partial charge < -0.3 is 14.9 Å². The molecule has 1 N–H and O–H groups in total. The van der Waals surface area contributed by atoms with E-state index in [0.29, 0.717) is 23.8 Å². The van der Waals surface area contributed by atoms with Crippen LogP contribution in [0.15, 0.2) is 42.5 Å². The van der Waals surface area contributed by atoms with Gasteiger partial charge in [-0.15, -0.1) is 0 Å². The maximum atomic E-state index is 13.5. The van der Waals surface area contributed by atoms with Gasteiger partial charge in [0.15, 0.2) is 0 Å². The number of urea groups is 1. The van der Waals surface area contributed by atoms with Crippen LogP contribution in [0.4, 0.5) is 4.79 Å². The van der Waals surface area contributed by atoms with E-state index in [0.717, 1.165) is 32.4 Å². The molecule has 2 amide bonds. The Morgan fingerprint density at radius 1 is 1.00 bits per heavy atom. The molecular formula is C25H30N2O2. The molecule has 1 heterocycles. The lowest BCUT2D eigenvalue weighted by molar-refractivity contribution is -0.152. The fourth-order valence-corrected chi connectivity index (χ4v) is 7.32. The summed E-state index contributed by atoms with van der Waals surface area (Å²) in [4.78, 5) is 17.7. The fourth-order valence-electron chi connectivity index (χ4n) is 7.32. The van der Waals surface area contributed by atoms with Crippen molar-refractivity contribution in [2.24, 2.45) is 17.8 Å². The number of nitrogens with zero attached hydrogens (tertiary/aromatic N) is 2. The van der Waals surface area contributed by atoms with Crippen LogP contribution in [0.2, 0.25) is 0 Å². The molecular weight excluding hydrogens is 360 g/mol. The Hall–Kier alpha value is -2.07. The highest BCUT2D eigenvalue weighted by atomic mass is 16.3. The average Bonchev–Trinajstić information content (AvgIpc) is 3.06. The van der Waals surface area contributed by atoms with Crippen LogP contribution in [-0.2, 0) is 0 Å². The normalized spacial score (nSPS) is 37.0. The molecule has 0 spiro atoms. The number of hydrogen-bond acceptors (Lipinski definition) is 2. The first kappa shape index (κ1) is 17.8. The molecule has 5 fully saturated rings. The molecule has 152 valence electrons. The number of amides is 2. The van der Waals surface area contributed by atoms with Crippen LogP contribution in [0.3, 0.4) is 0 Å². The van der Waals surface area contributed by atoms with Gasteiger partial charge in [-0.2, -0.15) is 0 Å². The predicted octanol–water partition coefficient (Wildman–Crippen LogP) is 4.58. The smallest absolute Gasteiger partial charge is 0.320 e. The van der Waals surface area contributed by atoms with Gasteiger partial charge in [0.1, 0.15) is 0 Å². The van der Waals surface area contributed by atoms with Gasteiger partial charge >= 0.3 is 6.03 Å². The van der Waals surface area contributed by atoms with Crippen molar-refractivity contribution < 1.29 is 9.90 Å². The Labute approximate surface area is 172 Å². The van der Waals surface area contributed by atoms with Gasteiger partial charge in [-0.05, 0) is 79.2 Å². The molecule has 0 aromatic heterocycles. The summed E-state index contributed by atoms with van der Waals surface area (Å²) in [6, 6.07) is 15.6. The van der Waals surface area contributed by atoms with Crippen molar-refractivity contribution in [3.05, 3.63) is 48.0 Å². The molecule has 1 saturated heterocycles. The number of benzene rings is 2. The van der Waals surface area contributed by atoms with Gasteiger partial charge in [-0.25, -0.2) is 4.79 Å². The Morgan fingerprint density at radius 2 is 1.72 bits per heavy atom. The van der Waals surface area contributed by atoms with Crippen molar-refractivity contribution in [3.63, 3.8) is 0 Å². The van der Waals surface area contributed by atoms with Crippen LogP contribution in [0.25, 0.3) is 10.8 Å². The van der Waals surface area contributed by atoms with Crippen LogP contribution < -0.4 is 0 Å². The summed E-state index contributed by atoms with van der Waals surface area (Å²) in [7, 11) is 0. The molecule has 2 aromatic carbocycles. The van der Waals surface area contributed by atoms with Crippen LogP contribution in [0.1, 0.15) is 50.6 Å². The van der Waals surface area contributed by atoms with E-state index in [1.54, 1.807) is 0 Å². The molecule has 3 atom stereocenters. The molecule has 2 aromatic rings. The molecule has 4 aliphatic carbocycles. The molecule has 0 radical (unpaired) electrons. The van der Waals surface area contributed by atoms with Gasteiger partial charge in [-0.1, -0.05) is 36.4 Å². The average molecular weight is 391 g/mol. The summed E-state index contributed by atoms with van der Waals surface area (Å²) < 4.78 is 0. The SMILES string of the molecule is C[C@@H](c1ccc2ccccc2c1)N1CCN(C2C3CC4CC2CC(O)(C4)C3)C1=O. The number of carbonyl (C=O) groups excluding carboxylic acids is 1. The molecule has 4 bridgehead atoms. The van der Waals surface area contributed by atoms with Gasteiger partial charge in [0.2, 0.25) is 0 Å². The lowest BCUT2D eigenvalue weighted by Crippen LogP contribution is -2.62. The van der Waals surface area contributed by atoms with E-state index in [4.69, 9.17) is 0 Å². The molecule has 4 saturated carbocycles. The summed E-state index contributed by atoms with van der Waals surface area (Å²) in [6.07, 6.45) is 5.19. The molecule has 1 aliphatic heterocycles. The Bertz CT molecular complexity index is 956. The maximum Gasteiger partial charge on any atom is 0.320 e. The maximum absolute atomic E-state index is 13.5. The number of rotatable bonds is 3. The van der Waals surface area contributed by atoms with Crippen molar-refractivity contribution in [3.8, 4) is 0 Å². The minimum atomic E-state index is -0.437. The third-order valence-corrected chi connectivity index (χ3v) is 8.35. The largest absolute Gasteiger partial charge is 0.390 e. The molecule has 2 unspecified atom stereocenters. The summed E-state index contributed by atoms with van der Waals surface area (Å²) in [6.45, 7) is 3.79. The molecule has 7 rings (SSSR count). The quantitative estimate of drug-likeness (QED) is 0.834. The lowest BCUT2D eigenvalue weighted by atomic mass is 9.52. The van der Waals surface area contributed by atoms with Crippen molar-refractivity contribution in [2.75, 3.05) is 13.1 Å². The third-order valence-electron chi connectivity index (χ3n) is 8.35. The summed E-state index contributed by atoms with van der Waals surface area (Å²) in [5, 5.41) is 13.4. The van der Waals surface area contributed by atoms with Crippen LogP contribution in [-0.4, -0.2) is 45.7 Å². The lowest BCUT2D eigenvalue weighted by Gasteiger charge is -2.59. The zero-order valence-corrected chi connectivity index (χ0v) is 17.1. The van der Waals surface area contributed by atoms with Gasteiger partial charge in [0, 0.05) is 19.1 Å². The van der Waals surface area contributed by atoms with E-state index < -0.39 is 5.60 Å². The third kappa shape index (κ3) is 2.72. The number of aliphatic hydroxyl groups is 1. The van der Waals surface area contributed by atoms with E-state index >= 15 is 0 Å². The van der Waals surface area contributed by atoms with Gasteiger partial charge in [0.25, 0.3) is 0 Å². The van der Waals surface area contributed by atoms with Crippen LogP contribution >= 0.6 is 0 Å². The number of fused-ring (bicyclic) bond motifs is 1. The minimum absolute atomic E-state index is 0.0816. The first-order chi connectivity index (χ1) is 14.0. The Balaban J connectivity index is 1.24. The van der Waals surface area contributed by atoms with E-state index in [-0.39, 0.29) is 12.1 Å². The van der Waals surface area contributed by atoms with E-state index in [1.165, 1.54) is 29.2 Å². The Kier molecular flexibility index (Phi) is 3.80. The highest BCUT2D eigenvalue weighted by Crippen LogP contribution is 2.57. The summed E-state index contributed by atoms with van der Waals surface area (Å²) in [5.74, 6) is 1.66. The minimum Gasteiger partial charge on any atom is -0.390 e.